The zero-order valence-corrected chi connectivity index (χ0v) is 86.2. The van der Waals surface area contributed by atoms with E-state index in [1.54, 1.807) is 97.2 Å². The number of hydrogen-bond acceptors (Lipinski definition) is 24. The van der Waals surface area contributed by atoms with Gasteiger partial charge in [-0.25, -0.2) is 0 Å². The Bertz CT molecular complexity index is 5030. The molecule has 0 fully saturated rings. The molecule has 0 unspecified atom stereocenters. The molecule has 790 valence electrons. The van der Waals surface area contributed by atoms with Crippen LogP contribution in [0.3, 0.4) is 0 Å². The van der Waals surface area contributed by atoms with Gasteiger partial charge in [0.2, 0.25) is 26.7 Å². The molecule has 8 rings (SSSR count). The fourth-order valence-electron chi connectivity index (χ4n) is 16.2. The van der Waals surface area contributed by atoms with E-state index in [0.29, 0.717) is 154 Å². The number of phenolic OH excluding ortho intramolecular Hbond substituents is 8. The van der Waals surface area contributed by atoms with Gasteiger partial charge in [0.1, 0.15) is 46.0 Å². The Morgan fingerprint density at radius 1 is 0.188 bits per heavy atom. The molecular formula is C125H146O24. The van der Waals surface area contributed by atoms with Crippen LogP contribution in [0.15, 0.2) is 300 Å². The van der Waals surface area contributed by atoms with Crippen LogP contribution in [-0.2, 0) is 230 Å². The van der Waals surface area contributed by atoms with E-state index in [1.807, 2.05) is 97.1 Å². The minimum absolute atomic E-state index is 0.0966. The lowest BCUT2D eigenvalue weighted by Gasteiger charge is -2.15. The first-order chi connectivity index (χ1) is 71.7. The van der Waals surface area contributed by atoms with Crippen LogP contribution in [-0.4, -0.2) is 115 Å². The molecular weight excluding hydrogens is 1890 g/mol. The summed E-state index contributed by atoms with van der Waals surface area (Å²) in [6, 6.07) is 29.6. The van der Waals surface area contributed by atoms with Gasteiger partial charge >= 0.3 is 47.8 Å². The molecule has 149 heavy (non-hydrogen) atoms. The number of carbonyl (C=O) groups excluding carboxylic acids is 8. The highest BCUT2D eigenvalue weighted by Gasteiger charge is 2.23. The molecule has 0 atom stereocenters. The number of allylic oxidation sites excluding steroid dienone is 16. The molecule has 0 radical (unpaired) electrons. The highest BCUT2D eigenvalue weighted by Crippen LogP contribution is 2.36. The number of esters is 8. The Labute approximate surface area is 877 Å². The third-order valence-corrected chi connectivity index (χ3v) is 23.3. The lowest BCUT2D eigenvalue weighted by atomic mass is 9.97. The van der Waals surface area contributed by atoms with Crippen molar-refractivity contribution in [2.75, 3.05) is 20.4 Å². The fourth-order valence-corrected chi connectivity index (χ4v) is 16.2. The summed E-state index contributed by atoms with van der Waals surface area (Å²) in [6.07, 6.45) is 38.7. The molecule has 0 heterocycles. The van der Waals surface area contributed by atoms with Crippen molar-refractivity contribution in [1.82, 2.24) is 0 Å². The van der Waals surface area contributed by atoms with Gasteiger partial charge in [-0.05, 0) is 288 Å². The SMILES string of the molecule is C=CCc1cc(CCC(=O)OC(C)OC(=O)CCc2cc(CC=C)c(O)c(CC=C)c2)cc(CC=C)c1O.C=CCc1cc(CCC(=O)OCOC(=O)CCc2cc(CC=C)c(O)c(CC=C)c2)cc(CC=C)c1O.C=CCc1cc(CCC(=O)OCOC(=O)CCc2cc(CC=C)c(O)c(CC=C)c2)cc(CC=C)c1O.C=CCc1cc(CCC(=O)OCOC(=O)CCc2cc(CC=C)c(O)c(CC=C)c2)cc(CC=C)c1O. The van der Waals surface area contributed by atoms with Crippen molar-refractivity contribution in [2.45, 2.75) is 219 Å². The summed E-state index contributed by atoms with van der Waals surface area (Å²) in [5, 5.41) is 83.0. The van der Waals surface area contributed by atoms with Crippen molar-refractivity contribution in [3.05, 3.63) is 433 Å². The van der Waals surface area contributed by atoms with E-state index in [0.717, 1.165) is 134 Å². The van der Waals surface area contributed by atoms with Gasteiger partial charge in [0.15, 0.2) is 0 Å². The third-order valence-electron chi connectivity index (χ3n) is 23.3. The van der Waals surface area contributed by atoms with Gasteiger partial charge < -0.3 is 78.7 Å². The molecule has 0 aromatic heterocycles. The van der Waals surface area contributed by atoms with Crippen LogP contribution >= 0.6 is 0 Å². The zero-order valence-electron chi connectivity index (χ0n) is 86.2. The maximum Gasteiger partial charge on any atom is 0.309 e. The minimum Gasteiger partial charge on any atom is -0.507 e. The number of aromatic hydroxyl groups is 8. The van der Waals surface area contributed by atoms with Crippen LogP contribution < -0.4 is 0 Å². The van der Waals surface area contributed by atoms with E-state index in [9.17, 15) is 79.2 Å². The van der Waals surface area contributed by atoms with Crippen LogP contribution in [0.25, 0.3) is 0 Å². The first kappa shape index (κ1) is 123. The van der Waals surface area contributed by atoms with Gasteiger partial charge in [-0.3, -0.25) is 38.4 Å². The number of phenols is 8. The summed E-state index contributed by atoms with van der Waals surface area (Å²) >= 11 is 0. The average molecular weight is 2030 g/mol. The zero-order chi connectivity index (χ0) is 110. The number of aryl methyl sites for hydroxylation is 8. The van der Waals surface area contributed by atoms with E-state index >= 15 is 0 Å². The van der Waals surface area contributed by atoms with E-state index in [1.165, 1.54) is 6.92 Å². The number of carbonyl (C=O) groups is 8. The quantitative estimate of drug-likeness (QED) is 0.00759. The molecule has 0 spiro atoms. The molecule has 0 saturated heterocycles. The topological polar surface area (TPSA) is 372 Å². The Hall–Kier alpha value is -16.2. The second-order valence-corrected chi connectivity index (χ2v) is 35.0. The van der Waals surface area contributed by atoms with Crippen LogP contribution in [0, 0.1) is 0 Å². The highest BCUT2D eigenvalue weighted by atomic mass is 16.7. The molecule has 8 aromatic rings. The summed E-state index contributed by atoms with van der Waals surface area (Å²) in [6.45, 7) is 59.7. The Balaban J connectivity index is 0.000000349. The monoisotopic (exact) mass is 2030 g/mol. The lowest BCUT2D eigenvalue weighted by Crippen LogP contribution is -2.22. The van der Waals surface area contributed by atoms with Gasteiger partial charge in [0.05, 0.1) is 0 Å². The van der Waals surface area contributed by atoms with Crippen LogP contribution in [0.5, 0.6) is 46.0 Å². The third kappa shape index (κ3) is 43.5. The van der Waals surface area contributed by atoms with Crippen molar-refractivity contribution in [3.63, 3.8) is 0 Å². The number of benzene rings is 8. The van der Waals surface area contributed by atoms with Crippen LogP contribution in [0.4, 0.5) is 0 Å². The van der Waals surface area contributed by atoms with Gasteiger partial charge in [-0.15, -0.1) is 105 Å². The molecule has 0 aliphatic carbocycles. The van der Waals surface area contributed by atoms with Crippen LogP contribution in [0.1, 0.15) is 192 Å². The molecule has 24 heteroatoms. The number of ether oxygens (including phenoxy) is 8. The predicted octanol–water partition coefficient (Wildman–Crippen LogP) is 22.9. The van der Waals surface area contributed by atoms with Crippen molar-refractivity contribution >= 4 is 47.8 Å². The largest absolute Gasteiger partial charge is 0.507 e. The first-order valence-electron chi connectivity index (χ1n) is 49.5. The van der Waals surface area contributed by atoms with Gasteiger partial charge in [-0.1, -0.05) is 194 Å². The molecule has 0 saturated carbocycles. The summed E-state index contributed by atoms with van der Waals surface area (Å²) < 4.78 is 40.9. The summed E-state index contributed by atoms with van der Waals surface area (Å²) in [5.41, 5.74) is 19.0. The summed E-state index contributed by atoms with van der Waals surface area (Å²) in [7, 11) is 0. The Morgan fingerprint density at radius 3 is 0.376 bits per heavy atom. The predicted molar refractivity (Wildman–Crippen MR) is 587 cm³/mol. The average Bonchev–Trinajstić information content (AvgIpc) is 0.876. The molecule has 24 nitrogen and oxygen atoms in total. The standard InChI is InChI=1S/C32H38O6.3C31H36O6/c1-6-10-25-18-23(19-26(11-7-2)31(25)35)14-16-29(33)37-22(5)38-30(34)17-15-24-20-27(12-8-3)32(36)28(21-24)13-9-4;3*1-5-9-24-17-22(18-25(10-6-2)30(24)34)13-15-28(32)36-21-37-29(33)16-14-23-19-26(11-7-3)31(35)27(20-23)12-8-4/h6-9,18-22,35-36H,1-4,10-17H2,5H3;3*5-8,17-20,34-35H,1-4,9-16,21H2. The maximum atomic E-state index is 12.4. The molecule has 0 aliphatic rings. The minimum atomic E-state index is -1.02. The Morgan fingerprint density at radius 2 is 0.282 bits per heavy atom. The van der Waals surface area contributed by atoms with Crippen molar-refractivity contribution in [2.24, 2.45) is 0 Å². The molecule has 0 bridgehead atoms. The number of rotatable bonds is 64. The molecule has 0 aliphatic heterocycles. The van der Waals surface area contributed by atoms with Crippen molar-refractivity contribution < 1.29 is 117 Å². The van der Waals surface area contributed by atoms with E-state index < -0.39 is 74.4 Å². The number of hydrogen-bond donors (Lipinski definition) is 8. The second kappa shape index (κ2) is 68.2. The highest BCUT2D eigenvalue weighted by molar-refractivity contribution is 5.75. The first-order valence-corrected chi connectivity index (χ1v) is 49.5. The lowest BCUT2D eigenvalue weighted by molar-refractivity contribution is -0.184. The van der Waals surface area contributed by atoms with E-state index in [-0.39, 0.29) is 97.4 Å². The van der Waals surface area contributed by atoms with Crippen LogP contribution in [0.2, 0.25) is 0 Å². The molecule has 8 N–H and O–H groups in total. The summed E-state index contributed by atoms with van der Waals surface area (Å²) in [4.78, 5) is 97.7. The molecule has 0 amide bonds. The fraction of sp³-hybridized carbons (Fsp3) is 0.296. The molecule has 8 aromatic carbocycles. The van der Waals surface area contributed by atoms with Gasteiger partial charge in [0.25, 0.3) is 0 Å². The summed E-state index contributed by atoms with van der Waals surface area (Å²) in [5.74, 6) is -2.14. The Kier molecular flexibility index (Phi) is 56.4. The van der Waals surface area contributed by atoms with Gasteiger partial charge in [-0.2, -0.15) is 0 Å². The van der Waals surface area contributed by atoms with E-state index in [4.69, 9.17) is 37.9 Å². The maximum absolute atomic E-state index is 12.4. The smallest absolute Gasteiger partial charge is 0.309 e. The van der Waals surface area contributed by atoms with Crippen molar-refractivity contribution in [3.8, 4) is 46.0 Å². The van der Waals surface area contributed by atoms with E-state index in [2.05, 4.69) is 105 Å². The van der Waals surface area contributed by atoms with Gasteiger partial charge in [0, 0.05) is 58.3 Å². The normalized spacial score (nSPS) is 10.4. The van der Waals surface area contributed by atoms with Crippen molar-refractivity contribution in [1.29, 1.82) is 0 Å². The second-order valence-electron chi connectivity index (χ2n) is 35.0.